The maximum atomic E-state index is 12.9. The maximum Gasteiger partial charge on any atom is 0.417 e. The van der Waals surface area contributed by atoms with Gasteiger partial charge in [0.25, 0.3) is 0 Å². The number of pyridine rings is 1. The number of nitrogen functional groups attached to an aromatic ring is 1. The molecule has 0 bridgehead atoms. The van der Waals surface area contributed by atoms with Crippen LogP contribution in [0.25, 0.3) is 11.3 Å². The number of halogens is 3. The predicted molar refractivity (Wildman–Crippen MR) is 63.8 cm³/mol. The van der Waals surface area contributed by atoms with Crippen LogP contribution in [0.3, 0.4) is 0 Å². The molecule has 18 heavy (non-hydrogen) atoms. The lowest BCUT2D eigenvalue weighted by Gasteiger charge is -2.12. The van der Waals surface area contributed by atoms with E-state index in [0.29, 0.717) is 11.4 Å². The van der Waals surface area contributed by atoms with E-state index >= 15 is 0 Å². The van der Waals surface area contributed by atoms with Crippen LogP contribution in [0.5, 0.6) is 0 Å². The lowest BCUT2D eigenvalue weighted by molar-refractivity contribution is -0.137. The Morgan fingerprint density at radius 3 is 2.33 bits per heavy atom. The minimum Gasteiger partial charge on any atom is -0.397 e. The number of rotatable bonds is 1. The SMILES string of the molecule is Cc1nc(-c2ccccc2C(F)(F)F)ccc1N. The number of anilines is 1. The minimum atomic E-state index is -4.40. The van der Waals surface area contributed by atoms with Crippen molar-refractivity contribution >= 4 is 5.69 Å². The van der Waals surface area contributed by atoms with Crippen molar-refractivity contribution in [1.82, 2.24) is 4.98 Å². The Balaban J connectivity index is 2.61. The first kappa shape index (κ1) is 12.4. The molecule has 2 rings (SSSR count). The second-order valence-electron chi connectivity index (χ2n) is 3.91. The molecule has 1 aromatic carbocycles. The van der Waals surface area contributed by atoms with Crippen molar-refractivity contribution in [2.75, 3.05) is 5.73 Å². The fourth-order valence-corrected chi connectivity index (χ4v) is 1.68. The first-order valence-corrected chi connectivity index (χ1v) is 5.29. The van der Waals surface area contributed by atoms with Gasteiger partial charge in [0.1, 0.15) is 0 Å². The summed E-state index contributed by atoms with van der Waals surface area (Å²) in [6.07, 6.45) is -4.40. The van der Waals surface area contributed by atoms with Gasteiger partial charge in [0.2, 0.25) is 0 Å². The Hall–Kier alpha value is -2.04. The van der Waals surface area contributed by atoms with Crippen LogP contribution in [0.4, 0.5) is 18.9 Å². The van der Waals surface area contributed by atoms with E-state index in [1.165, 1.54) is 18.2 Å². The van der Waals surface area contributed by atoms with E-state index in [2.05, 4.69) is 4.98 Å². The van der Waals surface area contributed by atoms with Crippen LogP contribution in [0.15, 0.2) is 36.4 Å². The highest BCUT2D eigenvalue weighted by molar-refractivity contribution is 5.66. The molecule has 0 saturated carbocycles. The molecule has 2 aromatic rings. The lowest BCUT2D eigenvalue weighted by atomic mass is 10.0. The van der Waals surface area contributed by atoms with Crippen LogP contribution in [0.2, 0.25) is 0 Å². The van der Waals surface area contributed by atoms with Gasteiger partial charge in [0.15, 0.2) is 0 Å². The first-order valence-electron chi connectivity index (χ1n) is 5.29. The Bertz CT molecular complexity index is 577. The van der Waals surface area contributed by atoms with Crippen LogP contribution < -0.4 is 5.73 Å². The summed E-state index contributed by atoms with van der Waals surface area (Å²) in [5.74, 6) is 0. The molecule has 1 heterocycles. The molecule has 5 heteroatoms. The summed E-state index contributed by atoms with van der Waals surface area (Å²) in [6.45, 7) is 1.66. The molecule has 0 amide bonds. The molecule has 0 aliphatic carbocycles. The fraction of sp³-hybridized carbons (Fsp3) is 0.154. The third kappa shape index (κ3) is 2.30. The number of nitrogens with two attached hydrogens (primary N) is 1. The average molecular weight is 252 g/mol. The van der Waals surface area contributed by atoms with E-state index < -0.39 is 11.7 Å². The van der Waals surface area contributed by atoms with E-state index in [1.54, 1.807) is 19.1 Å². The topological polar surface area (TPSA) is 38.9 Å². The highest BCUT2D eigenvalue weighted by atomic mass is 19.4. The van der Waals surface area contributed by atoms with Crippen molar-refractivity contribution in [1.29, 1.82) is 0 Å². The third-order valence-electron chi connectivity index (χ3n) is 2.64. The largest absolute Gasteiger partial charge is 0.417 e. The van der Waals surface area contributed by atoms with Crippen LogP contribution in [-0.2, 0) is 6.18 Å². The normalized spacial score (nSPS) is 11.6. The summed E-state index contributed by atoms with van der Waals surface area (Å²) in [6, 6.07) is 8.41. The zero-order chi connectivity index (χ0) is 13.3. The minimum absolute atomic E-state index is 0.0631. The Kier molecular flexibility index (Phi) is 2.98. The van der Waals surface area contributed by atoms with Crippen LogP contribution in [0, 0.1) is 6.92 Å². The zero-order valence-electron chi connectivity index (χ0n) is 9.62. The summed E-state index contributed by atoms with van der Waals surface area (Å²) in [4.78, 5) is 4.09. The fourth-order valence-electron chi connectivity index (χ4n) is 1.68. The standard InChI is InChI=1S/C13H11F3N2/c1-8-11(17)6-7-12(18-8)9-4-2-3-5-10(9)13(14,15)16/h2-7H,17H2,1H3. The van der Waals surface area contributed by atoms with Crippen molar-refractivity contribution in [3.05, 3.63) is 47.7 Å². The van der Waals surface area contributed by atoms with E-state index in [1.807, 2.05) is 0 Å². The smallest absolute Gasteiger partial charge is 0.397 e. The Labute approximate surface area is 102 Å². The second kappa shape index (κ2) is 4.33. The van der Waals surface area contributed by atoms with Crippen LogP contribution in [0.1, 0.15) is 11.3 Å². The van der Waals surface area contributed by atoms with Gasteiger partial charge < -0.3 is 5.73 Å². The van der Waals surface area contributed by atoms with Gasteiger partial charge in [-0.3, -0.25) is 4.98 Å². The monoisotopic (exact) mass is 252 g/mol. The molecule has 0 spiro atoms. The number of hydrogen-bond acceptors (Lipinski definition) is 2. The molecule has 2 nitrogen and oxygen atoms in total. The van der Waals surface area contributed by atoms with Crippen LogP contribution in [-0.4, -0.2) is 4.98 Å². The maximum absolute atomic E-state index is 12.9. The molecular weight excluding hydrogens is 241 g/mol. The Morgan fingerprint density at radius 2 is 1.72 bits per heavy atom. The highest BCUT2D eigenvalue weighted by Crippen LogP contribution is 2.36. The van der Waals surface area contributed by atoms with Crippen molar-refractivity contribution in [3.8, 4) is 11.3 Å². The molecule has 0 aliphatic heterocycles. The van der Waals surface area contributed by atoms with Gasteiger partial charge in [0.05, 0.1) is 22.6 Å². The number of aromatic nitrogens is 1. The molecule has 0 fully saturated rings. The van der Waals surface area contributed by atoms with Crippen molar-refractivity contribution < 1.29 is 13.2 Å². The summed E-state index contributed by atoms with van der Waals surface area (Å²) >= 11 is 0. The summed E-state index contributed by atoms with van der Waals surface area (Å²) in [5.41, 5.74) is 6.23. The van der Waals surface area contributed by atoms with E-state index in [0.717, 1.165) is 6.07 Å². The molecule has 0 aliphatic rings. The quantitative estimate of drug-likeness (QED) is 0.841. The number of benzene rings is 1. The molecule has 1 aromatic heterocycles. The summed E-state index contributed by atoms with van der Waals surface area (Å²) in [5, 5.41) is 0. The van der Waals surface area contributed by atoms with Gasteiger partial charge in [-0.15, -0.1) is 0 Å². The summed E-state index contributed by atoms with van der Waals surface area (Å²) < 4.78 is 38.6. The second-order valence-corrected chi connectivity index (χ2v) is 3.91. The van der Waals surface area contributed by atoms with Crippen molar-refractivity contribution in [2.24, 2.45) is 0 Å². The van der Waals surface area contributed by atoms with E-state index in [9.17, 15) is 13.2 Å². The van der Waals surface area contributed by atoms with Gasteiger partial charge in [-0.25, -0.2) is 0 Å². The summed E-state index contributed by atoms with van der Waals surface area (Å²) in [7, 11) is 0. The number of aryl methyl sites for hydroxylation is 1. The van der Waals surface area contributed by atoms with E-state index in [4.69, 9.17) is 5.73 Å². The van der Waals surface area contributed by atoms with Crippen molar-refractivity contribution in [3.63, 3.8) is 0 Å². The van der Waals surface area contributed by atoms with Gasteiger partial charge in [-0.2, -0.15) is 13.2 Å². The molecule has 94 valence electrons. The van der Waals surface area contributed by atoms with Gasteiger partial charge in [-0.1, -0.05) is 18.2 Å². The lowest BCUT2D eigenvalue weighted by Crippen LogP contribution is -2.07. The number of nitrogens with zero attached hydrogens (tertiary/aromatic N) is 1. The molecule has 0 radical (unpaired) electrons. The molecular formula is C13H11F3N2. The highest BCUT2D eigenvalue weighted by Gasteiger charge is 2.33. The average Bonchev–Trinajstić information content (AvgIpc) is 2.32. The molecule has 0 unspecified atom stereocenters. The molecule has 0 atom stereocenters. The predicted octanol–water partition coefficient (Wildman–Crippen LogP) is 3.66. The van der Waals surface area contributed by atoms with Crippen LogP contribution >= 0.6 is 0 Å². The first-order chi connectivity index (χ1) is 8.39. The molecule has 2 N–H and O–H groups in total. The zero-order valence-corrected chi connectivity index (χ0v) is 9.62. The van der Waals surface area contributed by atoms with Gasteiger partial charge >= 0.3 is 6.18 Å². The van der Waals surface area contributed by atoms with Gasteiger partial charge in [0, 0.05) is 5.56 Å². The third-order valence-corrected chi connectivity index (χ3v) is 2.64. The van der Waals surface area contributed by atoms with Crippen molar-refractivity contribution in [2.45, 2.75) is 13.1 Å². The number of alkyl halides is 3. The molecule has 0 saturated heterocycles. The van der Waals surface area contributed by atoms with E-state index in [-0.39, 0.29) is 11.3 Å². The Morgan fingerprint density at radius 1 is 1.06 bits per heavy atom. The van der Waals surface area contributed by atoms with Gasteiger partial charge in [-0.05, 0) is 25.1 Å². The number of hydrogen-bond donors (Lipinski definition) is 1.